The van der Waals surface area contributed by atoms with E-state index in [4.69, 9.17) is 21.8 Å². The highest BCUT2D eigenvalue weighted by Gasteiger charge is 2.09. The third kappa shape index (κ3) is 3.20. The van der Waals surface area contributed by atoms with E-state index in [-0.39, 0.29) is 17.2 Å². The van der Waals surface area contributed by atoms with E-state index in [2.05, 4.69) is 20.3 Å². The van der Waals surface area contributed by atoms with Crippen LogP contribution in [0.25, 0.3) is 22.1 Å². The number of halogens is 1. The molecular weight excluding hydrogens is 354 g/mol. The van der Waals surface area contributed by atoms with Crippen molar-refractivity contribution in [2.24, 2.45) is 0 Å². The van der Waals surface area contributed by atoms with Gasteiger partial charge in [0.2, 0.25) is 17.2 Å². The molecule has 4 aromatic rings. The molecule has 128 valence electrons. The van der Waals surface area contributed by atoms with Crippen LogP contribution in [0, 0.1) is 0 Å². The monoisotopic (exact) mass is 365 g/mol. The van der Waals surface area contributed by atoms with Gasteiger partial charge in [-0.2, -0.15) is 15.0 Å². The van der Waals surface area contributed by atoms with E-state index in [1.807, 2.05) is 42.5 Å². The summed E-state index contributed by atoms with van der Waals surface area (Å²) in [7, 11) is 0. The number of anilines is 3. The smallest absolute Gasteiger partial charge is 0.344 e. The van der Waals surface area contributed by atoms with Gasteiger partial charge in [0.25, 0.3) is 0 Å². The van der Waals surface area contributed by atoms with Crippen molar-refractivity contribution in [3.63, 3.8) is 0 Å². The summed E-state index contributed by atoms with van der Waals surface area (Å²) in [4.78, 5) is 23.9. The maximum absolute atomic E-state index is 12.3. The van der Waals surface area contributed by atoms with E-state index in [0.29, 0.717) is 16.8 Å². The van der Waals surface area contributed by atoms with E-state index >= 15 is 0 Å². The molecular formula is C18H12ClN5O2. The molecule has 0 bridgehead atoms. The Morgan fingerprint density at radius 3 is 2.58 bits per heavy atom. The Labute approximate surface area is 152 Å². The van der Waals surface area contributed by atoms with Gasteiger partial charge >= 0.3 is 5.63 Å². The summed E-state index contributed by atoms with van der Waals surface area (Å²) in [6, 6.07) is 16.5. The first-order valence-corrected chi connectivity index (χ1v) is 8.04. The quantitative estimate of drug-likeness (QED) is 0.534. The Hall–Kier alpha value is -3.45. The van der Waals surface area contributed by atoms with Crippen molar-refractivity contribution in [2.75, 3.05) is 11.1 Å². The van der Waals surface area contributed by atoms with Crippen molar-refractivity contribution >= 4 is 40.2 Å². The van der Waals surface area contributed by atoms with Gasteiger partial charge in [0, 0.05) is 17.1 Å². The van der Waals surface area contributed by atoms with Crippen molar-refractivity contribution in [1.82, 2.24) is 15.0 Å². The highest BCUT2D eigenvalue weighted by atomic mass is 35.5. The number of aromatic nitrogens is 3. The van der Waals surface area contributed by atoms with E-state index in [1.165, 1.54) is 0 Å². The molecule has 0 atom stereocenters. The van der Waals surface area contributed by atoms with E-state index in [0.717, 1.165) is 10.9 Å². The molecule has 8 heteroatoms. The number of nitrogens with one attached hydrogen (secondary N) is 1. The number of nitrogens with two attached hydrogens (primary N) is 1. The van der Waals surface area contributed by atoms with Crippen molar-refractivity contribution < 1.29 is 4.42 Å². The fourth-order valence-electron chi connectivity index (χ4n) is 2.56. The molecule has 3 N–H and O–H groups in total. The normalized spacial score (nSPS) is 10.8. The molecule has 2 heterocycles. The fraction of sp³-hybridized carbons (Fsp3) is 0. The maximum Gasteiger partial charge on any atom is 0.344 e. The SMILES string of the molecule is Nc1nc(Cl)nc(Nc2ccc3cc(-c4ccccc4)c(=O)oc3c2)n1. The van der Waals surface area contributed by atoms with Crippen LogP contribution in [0.5, 0.6) is 0 Å². The van der Waals surface area contributed by atoms with Crippen LogP contribution in [0.2, 0.25) is 5.28 Å². The summed E-state index contributed by atoms with van der Waals surface area (Å²) >= 11 is 5.77. The van der Waals surface area contributed by atoms with Crippen LogP contribution in [0.15, 0.2) is 63.8 Å². The van der Waals surface area contributed by atoms with Crippen LogP contribution in [0.4, 0.5) is 17.6 Å². The Morgan fingerprint density at radius 2 is 1.81 bits per heavy atom. The Morgan fingerprint density at radius 1 is 1.00 bits per heavy atom. The average Bonchev–Trinajstić information content (AvgIpc) is 2.61. The lowest BCUT2D eigenvalue weighted by atomic mass is 10.1. The third-order valence-corrected chi connectivity index (χ3v) is 3.87. The van der Waals surface area contributed by atoms with Gasteiger partial charge in [-0.25, -0.2) is 4.79 Å². The Balaban J connectivity index is 1.73. The molecule has 2 aromatic carbocycles. The van der Waals surface area contributed by atoms with Crippen molar-refractivity contribution in [3.05, 3.63) is 70.3 Å². The molecule has 0 saturated carbocycles. The van der Waals surface area contributed by atoms with E-state index in [9.17, 15) is 4.79 Å². The Kier molecular flexibility index (Phi) is 3.98. The van der Waals surface area contributed by atoms with Gasteiger partial charge in [-0.3, -0.25) is 0 Å². The number of nitrogens with zero attached hydrogens (tertiary/aromatic N) is 3. The summed E-state index contributed by atoms with van der Waals surface area (Å²) in [5, 5.41) is 3.73. The largest absolute Gasteiger partial charge is 0.422 e. The molecule has 0 aliphatic rings. The van der Waals surface area contributed by atoms with Crippen LogP contribution < -0.4 is 16.7 Å². The fourth-order valence-corrected chi connectivity index (χ4v) is 2.72. The lowest BCUT2D eigenvalue weighted by Crippen LogP contribution is -2.04. The molecule has 0 spiro atoms. The first-order valence-electron chi connectivity index (χ1n) is 7.66. The highest BCUT2D eigenvalue weighted by Crippen LogP contribution is 2.24. The molecule has 7 nitrogen and oxygen atoms in total. The van der Waals surface area contributed by atoms with Crippen molar-refractivity contribution in [2.45, 2.75) is 0 Å². The second-order valence-electron chi connectivity index (χ2n) is 5.48. The first-order chi connectivity index (χ1) is 12.6. The van der Waals surface area contributed by atoms with Gasteiger partial charge in [-0.05, 0) is 35.4 Å². The molecule has 0 unspecified atom stereocenters. The van der Waals surface area contributed by atoms with Crippen molar-refractivity contribution in [3.8, 4) is 11.1 Å². The van der Waals surface area contributed by atoms with Crippen LogP contribution >= 0.6 is 11.6 Å². The highest BCUT2D eigenvalue weighted by molar-refractivity contribution is 6.28. The number of benzene rings is 2. The van der Waals surface area contributed by atoms with Gasteiger partial charge in [0.1, 0.15) is 5.58 Å². The van der Waals surface area contributed by atoms with Crippen LogP contribution in [-0.4, -0.2) is 15.0 Å². The number of hydrogen-bond donors (Lipinski definition) is 2. The molecule has 4 rings (SSSR count). The molecule has 2 aromatic heterocycles. The summed E-state index contributed by atoms with van der Waals surface area (Å²) in [5.41, 5.74) is 7.51. The van der Waals surface area contributed by atoms with Gasteiger partial charge in [-0.15, -0.1) is 0 Å². The molecule has 26 heavy (non-hydrogen) atoms. The third-order valence-electron chi connectivity index (χ3n) is 3.70. The van der Waals surface area contributed by atoms with Gasteiger partial charge in [-0.1, -0.05) is 30.3 Å². The lowest BCUT2D eigenvalue weighted by Gasteiger charge is -2.07. The lowest BCUT2D eigenvalue weighted by molar-refractivity contribution is 0.563. The van der Waals surface area contributed by atoms with Crippen LogP contribution in [0.3, 0.4) is 0 Å². The van der Waals surface area contributed by atoms with Gasteiger partial charge < -0.3 is 15.5 Å². The topological polar surface area (TPSA) is 107 Å². The van der Waals surface area contributed by atoms with Gasteiger partial charge in [0.15, 0.2) is 0 Å². The zero-order valence-corrected chi connectivity index (χ0v) is 14.1. The minimum Gasteiger partial charge on any atom is -0.422 e. The summed E-state index contributed by atoms with van der Waals surface area (Å²) in [5.74, 6) is 0.206. The standard InChI is InChI=1S/C18H12ClN5O2/c19-16-22-17(20)24-18(23-16)21-12-7-6-11-8-13(10-4-2-1-3-5-10)15(25)26-14(11)9-12/h1-9H,(H3,20,21,22,23,24). The summed E-state index contributed by atoms with van der Waals surface area (Å²) in [6.07, 6.45) is 0. The zero-order chi connectivity index (χ0) is 18.1. The molecule has 0 aliphatic heterocycles. The zero-order valence-electron chi connectivity index (χ0n) is 13.3. The number of nitrogen functional groups attached to an aromatic ring is 1. The predicted octanol–water partition coefficient (Wildman–Crippen LogP) is 3.62. The van der Waals surface area contributed by atoms with E-state index < -0.39 is 5.63 Å². The second kappa shape index (κ2) is 6.45. The van der Waals surface area contributed by atoms with E-state index in [1.54, 1.807) is 12.1 Å². The summed E-state index contributed by atoms with van der Waals surface area (Å²) in [6.45, 7) is 0. The van der Waals surface area contributed by atoms with Gasteiger partial charge in [0.05, 0.1) is 5.56 Å². The molecule has 0 amide bonds. The number of hydrogen-bond acceptors (Lipinski definition) is 7. The number of rotatable bonds is 3. The minimum absolute atomic E-state index is 0.00678. The van der Waals surface area contributed by atoms with Crippen LogP contribution in [0.1, 0.15) is 0 Å². The molecule has 0 aliphatic carbocycles. The molecule has 0 fully saturated rings. The first kappa shape index (κ1) is 16.0. The molecule has 0 saturated heterocycles. The minimum atomic E-state index is -0.409. The molecule has 0 radical (unpaired) electrons. The maximum atomic E-state index is 12.3. The number of fused-ring (bicyclic) bond motifs is 1. The summed E-state index contributed by atoms with van der Waals surface area (Å²) < 4.78 is 5.47. The van der Waals surface area contributed by atoms with Crippen LogP contribution in [-0.2, 0) is 0 Å². The predicted molar refractivity (Wildman–Crippen MR) is 100 cm³/mol. The van der Waals surface area contributed by atoms with Crippen molar-refractivity contribution in [1.29, 1.82) is 0 Å². The second-order valence-corrected chi connectivity index (χ2v) is 5.82. The average molecular weight is 366 g/mol. The Bertz CT molecular complexity index is 1140.